The molecule has 0 aliphatic heterocycles. The van der Waals surface area contributed by atoms with Gasteiger partial charge in [-0.05, 0) is 37.3 Å². The molecule has 23 heavy (non-hydrogen) atoms. The first kappa shape index (κ1) is 17.6. The van der Waals surface area contributed by atoms with Gasteiger partial charge < -0.3 is 10.1 Å². The maximum Gasteiger partial charge on any atom is 0.341 e. The first-order chi connectivity index (χ1) is 11.0. The van der Waals surface area contributed by atoms with E-state index in [2.05, 4.69) is 5.32 Å². The van der Waals surface area contributed by atoms with Crippen LogP contribution in [-0.4, -0.2) is 24.7 Å². The summed E-state index contributed by atoms with van der Waals surface area (Å²) in [5.41, 5.74) is 1.89. The highest BCUT2D eigenvalue weighted by Crippen LogP contribution is 2.34. The molecule has 1 aromatic heterocycles. The van der Waals surface area contributed by atoms with E-state index in [1.54, 1.807) is 17.8 Å². The Morgan fingerprint density at radius 1 is 1.26 bits per heavy atom. The fraction of sp³-hybridized carbons (Fsp3) is 0.294. The van der Waals surface area contributed by atoms with E-state index in [1.807, 2.05) is 39.0 Å². The van der Waals surface area contributed by atoms with Crippen molar-refractivity contribution in [3.8, 4) is 0 Å². The van der Waals surface area contributed by atoms with Gasteiger partial charge >= 0.3 is 5.97 Å². The molecule has 6 heteroatoms. The Balaban J connectivity index is 2.35. The average Bonchev–Trinajstić information content (AvgIpc) is 2.81. The molecule has 1 amide bonds. The molecule has 0 saturated carbocycles. The standard InChI is InChI=1S/C17H19NO3S2/c1-5-22-13-9-7-6-8-12(13)15(19)18-16-14(17(20)21-4)10(2)11(3)23-16/h6-9H,5H2,1-4H3,(H,18,19). The summed E-state index contributed by atoms with van der Waals surface area (Å²) in [6.07, 6.45) is 0. The number of ether oxygens (including phenoxy) is 1. The molecular formula is C17H19NO3S2. The number of anilines is 1. The molecule has 0 unspecified atom stereocenters. The molecule has 0 radical (unpaired) electrons. The lowest BCUT2D eigenvalue weighted by Crippen LogP contribution is -2.15. The molecule has 0 aliphatic carbocycles. The number of aryl methyl sites for hydroxylation is 1. The highest BCUT2D eigenvalue weighted by Gasteiger charge is 2.22. The zero-order valence-corrected chi connectivity index (χ0v) is 15.2. The SMILES string of the molecule is CCSc1ccccc1C(=O)Nc1sc(C)c(C)c1C(=O)OC. The molecule has 0 saturated heterocycles. The van der Waals surface area contributed by atoms with E-state index >= 15 is 0 Å². The molecule has 4 nitrogen and oxygen atoms in total. The minimum absolute atomic E-state index is 0.215. The normalized spacial score (nSPS) is 10.4. The van der Waals surface area contributed by atoms with Gasteiger partial charge in [0.1, 0.15) is 5.00 Å². The number of carbonyl (C=O) groups is 2. The van der Waals surface area contributed by atoms with Crippen molar-refractivity contribution < 1.29 is 14.3 Å². The van der Waals surface area contributed by atoms with Gasteiger partial charge in [0, 0.05) is 9.77 Å². The minimum Gasteiger partial charge on any atom is -0.465 e. The first-order valence-electron chi connectivity index (χ1n) is 7.21. The quantitative estimate of drug-likeness (QED) is 0.637. The van der Waals surface area contributed by atoms with Crippen LogP contribution in [0.5, 0.6) is 0 Å². The summed E-state index contributed by atoms with van der Waals surface area (Å²) in [5.74, 6) is 0.237. The van der Waals surface area contributed by atoms with Crippen molar-refractivity contribution in [3.05, 3.63) is 45.8 Å². The zero-order chi connectivity index (χ0) is 17.0. The maximum atomic E-state index is 12.6. The van der Waals surface area contributed by atoms with Gasteiger partial charge in [0.25, 0.3) is 5.91 Å². The number of thioether (sulfide) groups is 1. The van der Waals surface area contributed by atoms with Gasteiger partial charge in [-0.1, -0.05) is 19.1 Å². The molecule has 0 aliphatic rings. The third-order valence-corrected chi connectivity index (χ3v) is 5.51. The summed E-state index contributed by atoms with van der Waals surface area (Å²) in [7, 11) is 1.34. The van der Waals surface area contributed by atoms with Crippen LogP contribution < -0.4 is 5.32 Å². The highest BCUT2D eigenvalue weighted by atomic mass is 32.2. The van der Waals surface area contributed by atoms with E-state index in [0.717, 1.165) is 21.1 Å². The Morgan fingerprint density at radius 2 is 1.96 bits per heavy atom. The lowest BCUT2D eigenvalue weighted by Gasteiger charge is -2.09. The lowest BCUT2D eigenvalue weighted by atomic mass is 10.1. The van der Waals surface area contributed by atoms with Gasteiger partial charge in [-0.15, -0.1) is 23.1 Å². The average molecular weight is 349 g/mol. The Hall–Kier alpha value is -1.79. The van der Waals surface area contributed by atoms with Crippen LogP contribution >= 0.6 is 23.1 Å². The van der Waals surface area contributed by atoms with E-state index in [4.69, 9.17) is 4.74 Å². The molecule has 122 valence electrons. The number of hydrogen-bond donors (Lipinski definition) is 1. The second-order valence-electron chi connectivity index (χ2n) is 4.86. The lowest BCUT2D eigenvalue weighted by molar-refractivity contribution is 0.0601. The largest absolute Gasteiger partial charge is 0.465 e. The summed E-state index contributed by atoms with van der Waals surface area (Å²) in [6.45, 7) is 5.82. The van der Waals surface area contributed by atoms with E-state index in [9.17, 15) is 9.59 Å². The van der Waals surface area contributed by atoms with E-state index in [1.165, 1.54) is 18.4 Å². The summed E-state index contributed by atoms with van der Waals surface area (Å²) in [6, 6.07) is 7.46. The Labute approximate surface area is 144 Å². The number of hydrogen-bond acceptors (Lipinski definition) is 5. The molecule has 1 heterocycles. The van der Waals surface area contributed by atoms with E-state index in [-0.39, 0.29) is 5.91 Å². The number of thiophene rings is 1. The number of esters is 1. The number of nitrogens with one attached hydrogen (secondary N) is 1. The molecule has 0 fully saturated rings. The third kappa shape index (κ3) is 3.76. The number of rotatable bonds is 5. The maximum absolute atomic E-state index is 12.6. The Morgan fingerprint density at radius 3 is 2.61 bits per heavy atom. The second kappa shape index (κ2) is 7.66. The van der Waals surface area contributed by atoms with Crippen LogP contribution in [-0.2, 0) is 4.74 Å². The van der Waals surface area contributed by atoms with Gasteiger partial charge in [-0.25, -0.2) is 4.79 Å². The second-order valence-corrected chi connectivity index (χ2v) is 7.39. The summed E-state index contributed by atoms with van der Waals surface area (Å²) < 4.78 is 4.83. The molecule has 2 aromatic rings. The van der Waals surface area contributed by atoms with Crippen LogP contribution in [0, 0.1) is 13.8 Å². The van der Waals surface area contributed by atoms with Crippen molar-refractivity contribution in [1.29, 1.82) is 0 Å². The number of carbonyl (C=O) groups excluding carboxylic acids is 2. The summed E-state index contributed by atoms with van der Waals surface area (Å²) >= 11 is 3.00. The Kier molecular flexibility index (Phi) is 5.85. The van der Waals surface area contributed by atoms with Gasteiger partial charge in [0.15, 0.2) is 0 Å². The van der Waals surface area contributed by atoms with Crippen molar-refractivity contribution in [1.82, 2.24) is 0 Å². The molecule has 0 bridgehead atoms. The van der Waals surface area contributed by atoms with E-state index < -0.39 is 5.97 Å². The predicted molar refractivity (Wildman–Crippen MR) is 95.9 cm³/mol. The van der Waals surface area contributed by atoms with Crippen LogP contribution in [0.15, 0.2) is 29.2 Å². The van der Waals surface area contributed by atoms with Gasteiger partial charge in [0.05, 0.1) is 18.2 Å². The fourth-order valence-electron chi connectivity index (χ4n) is 2.17. The van der Waals surface area contributed by atoms with Crippen molar-refractivity contribution in [2.45, 2.75) is 25.7 Å². The summed E-state index contributed by atoms with van der Waals surface area (Å²) in [5, 5.41) is 3.40. The minimum atomic E-state index is -0.432. The van der Waals surface area contributed by atoms with Crippen molar-refractivity contribution >= 4 is 40.0 Å². The molecule has 2 rings (SSSR count). The van der Waals surface area contributed by atoms with Crippen LogP contribution in [0.3, 0.4) is 0 Å². The molecular weight excluding hydrogens is 330 g/mol. The zero-order valence-electron chi connectivity index (χ0n) is 13.6. The number of methoxy groups -OCH3 is 1. The van der Waals surface area contributed by atoms with Crippen molar-refractivity contribution in [2.24, 2.45) is 0 Å². The molecule has 0 atom stereocenters. The van der Waals surface area contributed by atoms with Crippen LogP contribution in [0.4, 0.5) is 5.00 Å². The van der Waals surface area contributed by atoms with Crippen molar-refractivity contribution in [3.63, 3.8) is 0 Å². The molecule has 1 N–H and O–H groups in total. The van der Waals surface area contributed by atoms with Crippen LogP contribution in [0.1, 0.15) is 38.1 Å². The van der Waals surface area contributed by atoms with Crippen LogP contribution in [0.2, 0.25) is 0 Å². The summed E-state index contributed by atoms with van der Waals surface area (Å²) in [4.78, 5) is 26.5. The molecule has 1 aromatic carbocycles. The van der Waals surface area contributed by atoms with Gasteiger partial charge in [-0.3, -0.25) is 4.79 Å². The Bertz CT molecular complexity index is 737. The third-order valence-electron chi connectivity index (χ3n) is 3.43. The van der Waals surface area contributed by atoms with Crippen LogP contribution in [0.25, 0.3) is 0 Å². The number of benzene rings is 1. The topological polar surface area (TPSA) is 55.4 Å². The fourth-order valence-corrected chi connectivity index (χ4v) is 4.01. The monoisotopic (exact) mass is 349 g/mol. The van der Waals surface area contributed by atoms with Gasteiger partial charge in [-0.2, -0.15) is 0 Å². The number of amides is 1. The van der Waals surface area contributed by atoms with Crippen molar-refractivity contribution in [2.75, 3.05) is 18.2 Å². The highest BCUT2D eigenvalue weighted by molar-refractivity contribution is 7.99. The van der Waals surface area contributed by atoms with E-state index in [0.29, 0.717) is 16.1 Å². The first-order valence-corrected chi connectivity index (χ1v) is 9.01. The van der Waals surface area contributed by atoms with Gasteiger partial charge in [0.2, 0.25) is 0 Å². The smallest absolute Gasteiger partial charge is 0.341 e. The predicted octanol–water partition coefficient (Wildman–Crippen LogP) is 4.52. The molecule has 0 spiro atoms.